The van der Waals surface area contributed by atoms with Crippen LogP contribution in [0.2, 0.25) is 0 Å². The van der Waals surface area contributed by atoms with Crippen LogP contribution in [0, 0.1) is 10.1 Å². The number of nitrogens with one attached hydrogen (secondary N) is 1. The SMILES string of the molecule is CCN1C(=O)C(=Nn2c(-c3ccc4c(c3)NC(=O)CO4)csc2=Nc2ccccc2[N+](=O)[O-])c2ccccc21. The molecular weight excluding hydrogens is 520 g/mol. The Labute approximate surface area is 225 Å². The molecule has 0 saturated carbocycles. The molecular formula is C27H20N6O5S. The number of hydrogen-bond acceptors (Lipinski definition) is 8. The van der Waals surface area contributed by atoms with Crippen molar-refractivity contribution in [3.05, 3.63) is 92.6 Å². The second-order valence-electron chi connectivity index (χ2n) is 8.64. The normalized spacial score (nSPS) is 15.7. The molecule has 3 aromatic carbocycles. The fraction of sp³-hybridized carbons (Fsp3) is 0.111. The van der Waals surface area contributed by atoms with Crippen LogP contribution in [0.4, 0.5) is 22.7 Å². The Morgan fingerprint density at radius 2 is 1.90 bits per heavy atom. The van der Waals surface area contributed by atoms with Crippen molar-refractivity contribution in [1.82, 2.24) is 4.68 Å². The van der Waals surface area contributed by atoms with Gasteiger partial charge in [-0.3, -0.25) is 19.7 Å². The van der Waals surface area contributed by atoms with Gasteiger partial charge in [-0.1, -0.05) is 30.3 Å². The van der Waals surface area contributed by atoms with Crippen molar-refractivity contribution < 1.29 is 19.2 Å². The molecule has 0 unspecified atom stereocenters. The molecule has 0 fully saturated rings. The number of thiazole rings is 1. The third-order valence-electron chi connectivity index (χ3n) is 6.30. The number of rotatable bonds is 5. The highest BCUT2D eigenvalue weighted by Gasteiger charge is 2.33. The lowest BCUT2D eigenvalue weighted by Crippen LogP contribution is -2.30. The topological polar surface area (TPSA) is 131 Å². The fourth-order valence-corrected chi connectivity index (χ4v) is 5.35. The first-order valence-corrected chi connectivity index (χ1v) is 12.9. The van der Waals surface area contributed by atoms with E-state index in [1.165, 1.54) is 22.1 Å². The molecule has 0 atom stereocenters. The number of anilines is 2. The van der Waals surface area contributed by atoms with E-state index in [4.69, 9.17) is 9.84 Å². The van der Waals surface area contributed by atoms with Gasteiger partial charge in [-0.25, -0.2) is 9.67 Å². The predicted octanol–water partition coefficient (Wildman–Crippen LogP) is 4.31. The van der Waals surface area contributed by atoms with Crippen LogP contribution in [0.5, 0.6) is 5.75 Å². The Balaban J connectivity index is 1.58. The molecule has 6 rings (SSSR count). The van der Waals surface area contributed by atoms with Gasteiger partial charge in [0.05, 0.1) is 22.0 Å². The molecule has 0 saturated heterocycles. The van der Waals surface area contributed by atoms with Crippen LogP contribution in [0.3, 0.4) is 0 Å². The van der Waals surface area contributed by atoms with Crippen LogP contribution < -0.4 is 19.8 Å². The lowest BCUT2D eigenvalue weighted by atomic mass is 10.1. The first kappa shape index (κ1) is 24.2. The molecule has 0 spiro atoms. The van der Waals surface area contributed by atoms with Gasteiger partial charge in [0.15, 0.2) is 12.3 Å². The molecule has 2 aliphatic rings. The van der Waals surface area contributed by atoms with Crippen molar-refractivity contribution in [1.29, 1.82) is 0 Å². The van der Waals surface area contributed by atoms with E-state index in [0.29, 0.717) is 39.6 Å². The van der Waals surface area contributed by atoms with Gasteiger partial charge in [-0.2, -0.15) is 5.10 Å². The maximum Gasteiger partial charge on any atom is 0.294 e. The summed E-state index contributed by atoms with van der Waals surface area (Å²) in [6.45, 7) is 2.29. The van der Waals surface area contributed by atoms with Crippen LogP contribution in [0.25, 0.3) is 11.3 Å². The standard InChI is InChI=1S/C27H20N6O5S/c1-2-31-20-9-5-3-7-17(20)25(26(31)35)30-32-22(16-11-12-23-19(13-16)28-24(34)14-38-23)15-39-27(32)29-18-8-4-6-10-21(18)33(36)37/h3-13,15H,2,14H2,1H3,(H,28,34). The summed E-state index contributed by atoms with van der Waals surface area (Å²) >= 11 is 1.22. The summed E-state index contributed by atoms with van der Waals surface area (Å²) in [6, 6.07) is 18.9. The van der Waals surface area contributed by atoms with Crippen molar-refractivity contribution in [2.45, 2.75) is 6.92 Å². The number of benzene rings is 3. The number of nitro benzene ring substituents is 1. The fourth-order valence-electron chi connectivity index (χ4n) is 4.50. The van der Waals surface area contributed by atoms with E-state index in [-0.39, 0.29) is 35.5 Å². The van der Waals surface area contributed by atoms with E-state index in [1.54, 1.807) is 40.6 Å². The van der Waals surface area contributed by atoms with Gasteiger partial charge in [0, 0.05) is 29.1 Å². The van der Waals surface area contributed by atoms with Crippen molar-refractivity contribution >= 4 is 51.6 Å². The third-order valence-corrected chi connectivity index (χ3v) is 7.12. The van der Waals surface area contributed by atoms with E-state index in [0.717, 1.165) is 5.69 Å². The van der Waals surface area contributed by atoms with E-state index >= 15 is 0 Å². The number of carbonyl (C=O) groups excluding carboxylic acids is 2. The minimum atomic E-state index is -0.494. The summed E-state index contributed by atoms with van der Waals surface area (Å²) in [5.74, 6) is 0.0128. The minimum Gasteiger partial charge on any atom is -0.482 e. The lowest BCUT2D eigenvalue weighted by molar-refractivity contribution is -0.384. The summed E-state index contributed by atoms with van der Waals surface area (Å²) in [6.07, 6.45) is 0. The number of ether oxygens (including phenoxy) is 1. The molecule has 39 heavy (non-hydrogen) atoms. The van der Waals surface area contributed by atoms with Gasteiger partial charge in [0.1, 0.15) is 11.4 Å². The number of aromatic nitrogens is 1. The van der Waals surface area contributed by atoms with Gasteiger partial charge in [-0.05, 0) is 37.3 Å². The van der Waals surface area contributed by atoms with Crippen molar-refractivity contribution in [2.75, 3.05) is 23.4 Å². The number of likely N-dealkylation sites (N-methyl/N-ethyl adjacent to an activating group) is 1. The first-order valence-electron chi connectivity index (χ1n) is 12.0. The Morgan fingerprint density at radius 1 is 1.10 bits per heavy atom. The van der Waals surface area contributed by atoms with E-state index < -0.39 is 4.92 Å². The smallest absolute Gasteiger partial charge is 0.294 e. The maximum absolute atomic E-state index is 13.4. The third kappa shape index (κ3) is 4.26. The van der Waals surface area contributed by atoms with E-state index in [1.807, 2.05) is 37.3 Å². The number of hydrogen-bond donors (Lipinski definition) is 1. The van der Waals surface area contributed by atoms with Gasteiger partial charge in [-0.15, -0.1) is 11.3 Å². The zero-order valence-electron chi connectivity index (χ0n) is 20.5. The Hall–Kier alpha value is -5.10. The van der Waals surface area contributed by atoms with Gasteiger partial charge in [0.2, 0.25) is 4.80 Å². The summed E-state index contributed by atoms with van der Waals surface area (Å²) < 4.78 is 7.00. The molecule has 4 aromatic rings. The second kappa shape index (κ2) is 9.65. The van der Waals surface area contributed by atoms with Crippen LogP contribution in [0.15, 0.2) is 82.2 Å². The average Bonchev–Trinajstić information content (AvgIpc) is 3.46. The zero-order valence-corrected chi connectivity index (χ0v) is 21.3. The van der Waals surface area contributed by atoms with Gasteiger partial charge < -0.3 is 15.0 Å². The number of carbonyl (C=O) groups is 2. The van der Waals surface area contributed by atoms with Gasteiger partial charge in [0.25, 0.3) is 17.5 Å². The highest BCUT2D eigenvalue weighted by molar-refractivity contribution is 7.07. The molecule has 12 heteroatoms. The molecule has 0 bridgehead atoms. The Morgan fingerprint density at radius 3 is 2.72 bits per heavy atom. The van der Waals surface area contributed by atoms with Crippen molar-refractivity contribution in [2.24, 2.45) is 10.1 Å². The second-order valence-corrected chi connectivity index (χ2v) is 9.47. The molecule has 1 aromatic heterocycles. The quantitative estimate of drug-likeness (QED) is 0.298. The number of amides is 2. The number of para-hydroxylation sites is 3. The molecule has 1 N–H and O–H groups in total. The highest BCUT2D eigenvalue weighted by atomic mass is 32.1. The molecule has 2 amide bonds. The molecule has 194 valence electrons. The highest BCUT2D eigenvalue weighted by Crippen LogP contribution is 2.34. The number of nitrogens with zero attached hydrogens (tertiary/aromatic N) is 5. The van der Waals surface area contributed by atoms with Crippen molar-refractivity contribution in [3.8, 4) is 17.0 Å². The van der Waals surface area contributed by atoms with Crippen LogP contribution in [-0.4, -0.2) is 40.3 Å². The van der Waals surface area contributed by atoms with Crippen LogP contribution in [0.1, 0.15) is 12.5 Å². The monoisotopic (exact) mass is 540 g/mol. The van der Waals surface area contributed by atoms with Crippen LogP contribution >= 0.6 is 11.3 Å². The number of nitro groups is 1. The van der Waals surface area contributed by atoms with Gasteiger partial charge >= 0.3 is 0 Å². The first-order chi connectivity index (χ1) is 18.9. The van der Waals surface area contributed by atoms with E-state index in [2.05, 4.69) is 10.3 Å². The molecule has 3 heterocycles. The van der Waals surface area contributed by atoms with Crippen LogP contribution in [-0.2, 0) is 9.59 Å². The summed E-state index contributed by atoms with van der Waals surface area (Å²) in [7, 11) is 0. The minimum absolute atomic E-state index is 0.0627. The Bertz CT molecular complexity index is 1770. The largest absolute Gasteiger partial charge is 0.482 e. The molecule has 0 aliphatic carbocycles. The summed E-state index contributed by atoms with van der Waals surface area (Å²) in [5, 5.41) is 21.0. The van der Waals surface area contributed by atoms with E-state index in [9.17, 15) is 19.7 Å². The molecule has 0 radical (unpaired) electrons. The Kier molecular flexibility index (Phi) is 6.00. The molecule has 11 nitrogen and oxygen atoms in total. The predicted molar refractivity (Wildman–Crippen MR) is 147 cm³/mol. The zero-order chi connectivity index (χ0) is 27.1. The lowest BCUT2D eigenvalue weighted by Gasteiger charge is -2.18. The molecule has 2 aliphatic heterocycles. The average molecular weight is 541 g/mol. The number of fused-ring (bicyclic) bond motifs is 2. The summed E-state index contributed by atoms with van der Waals surface area (Å²) in [4.78, 5) is 43.0. The maximum atomic E-state index is 13.4. The van der Waals surface area contributed by atoms with Crippen molar-refractivity contribution in [3.63, 3.8) is 0 Å². The summed E-state index contributed by atoms with van der Waals surface area (Å²) in [5.41, 5.74) is 3.42.